The topological polar surface area (TPSA) is 976 Å². The van der Waals surface area contributed by atoms with E-state index in [4.69, 9.17) is 75.6 Å². The van der Waals surface area contributed by atoms with Crippen molar-refractivity contribution in [2.24, 2.45) is 0 Å². The first kappa shape index (κ1) is 101. The Labute approximate surface area is 681 Å². The normalized spacial score (nSPS) is 41.4. The first-order valence-electron chi connectivity index (χ1n) is 34.2. The lowest BCUT2D eigenvalue weighted by molar-refractivity contribution is -0.386. The maximum Gasteiger partial charge on any atom is 0.397 e. The van der Waals surface area contributed by atoms with E-state index in [1.807, 2.05) is 10.6 Å². The Balaban J connectivity index is 1.08. The van der Waals surface area contributed by atoms with E-state index in [-0.39, 0.29) is 0 Å². The average Bonchev–Trinajstić information content (AvgIpc) is 0.761. The van der Waals surface area contributed by atoms with Gasteiger partial charge in [-0.2, -0.15) is 42.1 Å². The van der Waals surface area contributed by atoms with Crippen molar-refractivity contribution in [1.82, 2.24) is 16.0 Å². The predicted molar refractivity (Wildman–Crippen MR) is 353 cm³/mol. The van der Waals surface area contributed by atoms with E-state index < -0.39 is 365 Å². The van der Waals surface area contributed by atoms with Crippen LogP contribution in [0.5, 0.6) is 0 Å². The minimum absolute atomic E-state index is 0.654. The fourth-order valence-corrected chi connectivity index (χ4v) is 15.2. The molecule has 7 saturated heterocycles. The summed E-state index contributed by atoms with van der Waals surface area (Å²) in [7, 11) is -28.7. The van der Waals surface area contributed by atoms with Crippen LogP contribution in [0, 0.1) is 0 Å². The second kappa shape index (κ2) is 40.5. The highest BCUT2D eigenvalue weighted by molar-refractivity contribution is 7.81. The SMILES string of the molecule is CC(=O)N[C@@H]1[C@@H](O[C@H]2O[C@H](C(=O)O)[C@@H](O[C@H]3O[C@H](CO)[C@H](OS(=O)(=O)O)[C@H](O[C@@H]4O[C@H](C(=O)O)[C@@H](O[C@@H]5O[C@H](COS(=O)(=O)O)[C@H](O)[C@H](O[C@@H]6O[C@H](C(=O)O)[C@@H](O[C@@H]7O[C@H](COS(=O)(=O)O)[C@H](O)[C@H](O[C@H]8OC(C(=O)O)=C(O)C(O)C8O)[C@H]7NC(C)=O)[C@H](O)[C@H]6O)[C@H]5NC(C)=O)[C@H](O)[C@H]4O)[C@H]3O)[C@H](O)[C@H]2OS(=O)(=O)O)[C@@H](O)[C@@H](COS(=O)(=O)O)O[C@@H]1O. The number of aliphatic hydroxyl groups excluding tert-OH is 14. The fourth-order valence-electron chi connectivity index (χ4n) is 13.3. The van der Waals surface area contributed by atoms with Gasteiger partial charge in [0.25, 0.3) is 0 Å². The largest absolute Gasteiger partial charge is 0.506 e. The van der Waals surface area contributed by atoms with E-state index in [0.29, 0.717) is 6.92 Å². The molecule has 0 spiro atoms. The molecule has 68 heteroatoms. The van der Waals surface area contributed by atoms with Crippen molar-refractivity contribution in [2.75, 3.05) is 26.4 Å². The van der Waals surface area contributed by atoms with Crippen LogP contribution in [0.15, 0.2) is 11.5 Å². The lowest BCUT2D eigenvalue weighted by atomic mass is 9.93. The van der Waals surface area contributed by atoms with Crippen molar-refractivity contribution in [3.8, 4) is 0 Å². The van der Waals surface area contributed by atoms with E-state index in [2.05, 4.69) is 26.2 Å². The molecule has 26 N–H and O–H groups in total. The third-order valence-electron chi connectivity index (χ3n) is 18.5. The molecule has 0 radical (unpaired) electrons. The Morgan fingerprint density at radius 3 is 1.03 bits per heavy atom. The highest BCUT2D eigenvalue weighted by Crippen LogP contribution is 2.41. The maximum atomic E-state index is 13.4. The Kier molecular flexibility index (Phi) is 33.6. The van der Waals surface area contributed by atoms with Crippen LogP contribution in [0.4, 0.5) is 0 Å². The van der Waals surface area contributed by atoms with E-state index in [1.165, 1.54) is 0 Å². The summed E-state index contributed by atoms with van der Waals surface area (Å²) in [4.78, 5) is 89.8. The van der Waals surface area contributed by atoms with Crippen LogP contribution in [0.1, 0.15) is 20.8 Å². The summed E-state index contributed by atoms with van der Waals surface area (Å²) in [6.07, 6.45) is -96.0. The number of hydrogen-bond acceptors (Lipinski definition) is 51. The van der Waals surface area contributed by atoms with Crippen molar-refractivity contribution in [3.05, 3.63) is 11.5 Å². The molecule has 63 nitrogen and oxygen atoms in total. The van der Waals surface area contributed by atoms with Crippen LogP contribution >= 0.6 is 0 Å². The van der Waals surface area contributed by atoms with Crippen LogP contribution in [-0.2, 0) is 178 Å². The Morgan fingerprint density at radius 1 is 0.336 bits per heavy atom. The molecule has 0 aliphatic carbocycles. The average molecular weight is 1890 g/mol. The monoisotopic (exact) mass is 1890 g/mol. The van der Waals surface area contributed by atoms with Crippen LogP contribution < -0.4 is 16.0 Å². The number of rotatable bonds is 35. The minimum atomic E-state index is -6.04. The van der Waals surface area contributed by atoms with Crippen molar-refractivity contribution in [3.63, 3.8) is 0 Å². The number of nitrogens with one attached hydrogen (secondary N) is 3. The summed E-state index contributed by atoms with van der Waals surface area (Å²) in [5.41, 5.74) is 0. The fraction of sp³-hybridized carbons (Fsp3) is 0.833. The molecule has 8 aliphatic heterocycles. The maximum absolute atomic E-state index is 13.4. The summed E-state index contributed by atoms with van der Waals surface area (Å²) in [6.45, 7) is -4.11. The molecule has 702 valence electrons. The van der Waals surface area contributed by atoms with Gasteiger partial charge in [0.15, 0.2) is 74.2 Å². The van der Waals surface area contributed by atoms with Crippen molar-refractivity contribution in [1.29, 1.82) is 0 Å². The van der Waals surface area contributed by atoms with Crippen LogP contribution in [0.2, 0.25) is 0 Å². The van der Waals surface area contributed by atoms with Crippen LogP contribution in [0.25, 0.3) is 0 Å². The summed E-state index contributed by atoms with van der Waals surface area (Å²) in [5, 5.41) is 206. The van der Waals surface area contributed by atoms with Gasteiger partial charge in [-0.3, -0.25) is 37.1 Å². The number of aliphatic carboxylic acids is 4. The molecule has 0 bridgehead atoms. The Hall–Kier alpha value is -6.10. The third kappa shape index (κ3) is 25.2. The smallest absolute Gasteiger partial charge is 0.397 e. The van der Waals surface area contributed by atoms with Gasteiger partial charge in [-0.25, -0.2) is 40.1 Å². The molecule has 3 amide bonds. The van der Waals surface area contributed by atoms with E-state index in [1.54, 1.807) is 0 Å². The number of aliphatic hydroxyl groups is 14. The summed E-state index contributed by atoms with van der Waals surface area (Å²) in [5.74, 6) is -15.8. The number of carbonyl (C=O) groups is 7. The zero-order chi connectivity index (χ0) is 91.7. The van der Waals surface area contributed by atoms with Gasteiger partial charge in [0, 0.05) is 20.8 Å². The van der Waals surface area contributed by atoms with E-state index >= 15 is 0 Å². The van der Waals surface area contributed by atoms with Gasteiger partial charge in [-0.15, -0.1) is 0 Å². The van der Waals surface area contributed by atoms with Crippen LogP contribution in [0.3, 0.4) is 0 Å². The first-order chi connectivity index (χ1) is 56.2. The number of amides is 3. The molecular weight excluding hydrogens is 1810 g/mol. The van der Waals surface area contributed by atoms with Crippen molar-refractivity contribution < 1.29 is 282 Å². The van der Waals surface area contributed by atoms with Crippen LogP contribution in [-0.4, -0.2) is 458 Å². The molecular formula is C54H81N3O60S5. The number of hydrogen-bond donors (Lipinski definition) is 26. The molecule has 8 aliphatic rings. The predicted octanol–water partition coefficient (Wildman–Crippen LogP) is -17.5. The molecule has 0 aromatic rings. The lowest BCUT2D eigenvalue weighted by Gasteiger charge is -2.50. The Bertz CT molecular complexity index is 4340. The first-order valence-corrected chi connectivity index (χ1v) is 41.0. The molecule has 8 heterocycles. The second-order valence-corrected chi connectivity index (χ2v) is 32.4. The second-order valence-electron chi connectivity index (χ2n) is 27.0. The summed E-state index contributed by atoms with van der Waals surface area (Å²) in [6, 6.07) is -6.90. The number of ether oxygens (including phenoxy) is 15. The van der Waals surface area contributed by atoms with Gasteiger partial charge in [-0.1, -0.05) is 0 Å². The number of carbonyl (C=O) groups excluding carboxylic acids is 3. The molecule has 8 rings (SSSR count). The molecule has 38 atom stereocenters. The summed E-state index contributed by atoms with van der Waals surface area (Å²) >= 11 is 0. The zero-order valence-electron chi connectivity index (χ0n) is 61.2. The van der Waals surface area contributed by atoms with Gasteiger partial charge in [0.1, 0.15) is 159 Å². The standard InChI is InChI=1S/C54H81N3O60S5/c1-8(59)55-15-31(18(62)12(101-47(15)82)5-98-118(83,84)85)107-54-39(117-122(95,96)97)28(72)36(42(115-54)46(80)81)110-53-29(73)37(30(11(4-58)102-53)116-121(92,93)94)111-52-27(71)24(68)35(41(114-52)45(78)79)109-49-17(57-10(3)61)33(20(64)14(104-49)7-100-120(89,90)91)106-51-26(70)23(67)34(40(113-51)44(76)77)108-48-16(56-9(2)60)32(19(63)13(103-48)6-99-119(86,87)88)105-50-25(69)21(65)22(66)38(112-50)43(74)75/h11-21,23-37,39-42,47-54,58,62-73,82H,4-7H2,1-3H3,(H,55,59)(H,56,60)(H,57,61)(H,74,75)(H,76,77)(H,78,79)(H,80,81)(H,83,84,85)(H,86,87,88)(H,89,90,91)(H,92,93,94)(H,95,96,97)/t11-,12-,13-,14-,15-,16-,17-,18+,19+,20+,21?,23-,24-,25?,26-,27-,28+,29-,30+,31-,32-,33-,34+,35+,36+,37-,39-,40+,41+,42+,47+,48+,49+,50+,51-,52-,53-,54+/m1/s1. The molecule has 0 aromatic carbocycles. The Morgan fingerprint density at radius 2 is 0.656 bits per heavy atom. The highest BCUT2D eigenvalue weighted by Gasteiger charge is 2.63. The number of carboxylic acid groups (broad SMARTS) is 4. The third-order valence-corrected chi connectivity index (χ3v) is 20.7. The molecule has 0 saturated carbocycles. The van der Waals surface area contributed by atoms with Crippen molar-refractivity contribution in [2.45, 2.75) is 254 Å². The minimum Gasteiger partial charge on any atom is -0.506 e. The molecule has 2 unspecified atom stereocenters. The highest BCUT2D eigenvalue weighted by atomic mass is 32.3. The summed E-state index contributed by atoms with van der Waals surface area (Å²) < 4.78 is 272. The van der Waals surface area contributed by atoms with Gasteiger partial charge in [0.05, 0.1) is 26.4 Å². The van der Waals surface area contributed by atoms with E-state index in [0.717, 1.165) is 13.8 Å². The lowest BCUT2D eigenvalue weighted by Crippen LogP contribution is -2.71. The molecule has 0 aromatic heterocycles. The van der Waals surface area contributed by atoms with Crippen molar-refractivity contribution >= 4 is 93.6 Å². The quantitative estimate of drug-likeness (QED) is 0.0262. The molecule has 7 fully saturated rings. The zero-order valence-corrected chi connectivity index (χ0v) is 65.3. The van der Waals surface area contributed by atoms with Gasteiger partial charge in [0.2, 0.25) is 29.8 Å². The molecule has 122 heavy (non-hydrogen) atoms. The van der Waals surface area contributed by atoms with Gasteiger partial charge in [-0.05, 0) is 0 Å². The number of carboxylic acids is 4. The van der Waals surface area contributed by atoms with Gasteiger partial charge < -0.3 is 179 Å². The van der Waals surface area contributed by atoms with E-state index in [9.17, 15) is 186 Å². The van der Waals surface area contributed by atoms with Gasteiger partial charge >= 0.3 is 75.9 Å².